The molecule has 6 heteroatoms. The summed E-state index contributed by atoms with van der Waals surface area (Å²) in [5.74, 6) is -0.710. The quantitative estimate of drug-likeness (QED) is 0.470. The average Bonchev–Trinajstić information content (AvgIpc) is 3.01. The fourth-order valence-electron chi connectivity index (χ4n) is 2.87. The van der Waals surface area contributed by atoms with E-state index in [0.717, 1.165) is 0 Å². The highest BCUT2D eigenvalue weighted by molar-refractivity contribution is 6.01. The van der Waals surface area contributed by atoms with Gasteiger partial charge in [-0.3, -0.25) is 9.59 Å². The van der Waals surface area contributed by atoms with Crippen LogP contribution in [0.4, 0.5) is 0 Å². The van der Waals surface area contributed by atoms with Gasteiger partial charge in [-0.2, -0.15) is 0 Å². The van der Waals surface area contributed by atoms with Gasteiger partial charge in [0.05, 0.1) is 27.4 Å². The molecule has 2 atom stereocenters. The molecule has 1 aliphatic rings. The van der Waals surface area contributed by atoms with Gasteiger partial charge in [0, 0.05) is 6.42 Å². The normalized spacial score (nSPS) is 22.2. The molecule has 0 unspecified atom stereocenters. The van der Waals surface area contributed by atoms with Crippen LogP contribution in [0.5, 0.6) is 5.75 Å². The average molecular weight is 320 g/mol. The van der Waals surface area contributed by atoms with Gasteiger partial charge >= 0.3 is 11.9 Å². The summed E-state index contributed by atoms with van der Waals surface area (Å²) in [6, 6.07) is 6.96. The Bertz CT molecular complexity index is 576. The van der Waals surface area contributed by atoms with E-state index >= 15 is 0 Å². The van der Waals surface area contributed by atoms with Crippen LogP contribution in [0.25, 0.3) is 0 Å². The van der Waals surface area contributed by atoms with E-state index in [9.17, 15) is 9.59 Å². The first kappa shape index (κ1) is 17.0. The van der Waals surface area contributed by atoms with Crippen LogP contribution in [0, 0.1) is 5.41 Å². The van der Waals surface area contributed by atoms with Crippen molar-refractivity contribution in [3.8, 4) is 5.75 Å². The molecule has 1 aromatic rings. The number of esters is 2. The smallest absolute Gasteiger partial charge is 0.326 e. The van der Waals surface area contributed by atoms with Crippen molar-refractivity contribution < 1.29 is 28.5 Å². The molecule has 2 rings (SSSR count). The minimum Gasteiger partial charge on any atom is -0.497 e. The summed E-state index contributed by atoms with van der Waals surface area (Å²) in [4.78, 5) is 24.9. The Morgan fingerprint density at radius 1 is 1.17 bits per heavy atom. The van der Waals surface area contributed by atoms with Gasteiger partial charge in [0.2, 0.25) is 0 Å². The van der Waals surface area contributed by atoms with Gasteiger partial charge in [0.15, 0.2) is 5.41 Å². The van der Waals surface area contributed by atoms with Crippen molar-refractivity contribution in [2.75, 3.05) is 21.3 Å². The lowest BCUT2D eigenvalue weighted by Crippen LogP contribution is -2.43. The Morgan fingerprint density at radius 2 is 1.74 bits per heavy atom. The maximum absolute atomic E-state index is 12.4. The van der Waals surface area contributed by atoms with Crippen LogP contribution in [0.1, 0.15) is 18.1 Å². The van der Waals surface area contributed by atoms with Gasteiger partial charge in [-0.25, -0.2) is 0 Å². The van der Waals surface area contributed by atoms with E-state index in [1.54, 1.807) is 37.5 Å². The van der Waals surface area contributed by atoms with Crippen LogP contribution >= 0.6 is 0 Å². The number of carbonyl (C=O) groups is 2. The highest BCUT2D eigenvalue weighted by Crippen LogP contribution is 2.50. The third kappa shape index (κ3) is 2.82. The number of hydrogen-bond acceptors (Lipinski definition) is 6. The highest BCUT2D eigenvalue weighted by atomic mass is 16.6. The molecule has 0 saturated carbocycles. The fraction of sp³-hybridized carbons (Fsp3) is 0.412. The molecule has 0 aromatic heterocycles. The van der Waals surface area contributed by atoms with E-state index in [0.29, 0.717) is 11.3 Å². The maximum atomic E-state index is 12.4. The van der Waals surface area contributed by atoms with Gasteiger partial charge in [-0.15, -0.1) is 6.58 Å². The topological polar surface area (TPSA) is 71.1 Å². The molecule has 0 bridgehead atoms. The predicted molar refractivity (Wildman–Crippen MR) is 81.9 cm³/mol. The van der Waals surface area contributed by atoms with Crippen molar-refractivity contribution in [1.82, 2.24) is 0 Å². The van der Waals surface area contributed by atoms with Crippen molar-refractivity contribution in [3.63, 3.8) is 0 Å². The molecule has 1 fully saturated rings. The lowest BCUT2D eigenvalue weighted by molar-refractivity contribution is -0.173. The zero-order chi connectivity index (χ0) is 17.0. The lowest BCUT2D eigenvalue weighted by Gasteiger charge is -2.28. The first-order valence-corrected chi connectivity index (χ1v) is 7.12. The molecule has 124 valence electrons. The van der Waals surface area contributed by atoms with Crippen LogP contribution in [-0.4, -0.2) is 39.4 Å². The van der Waals surface area contributed by atoms with Gasteiger partial charge in [0.1, 0.15) is 11.9 Å². The van der Waals surface area contributed by atoms with Crippen molar-refractivity contribution >= 4 is 11.9 Å². The summed E-state index contributed by atoms with van der Waals surface area (Å²) >= 11 is 0. The monoisotopic (exact) mass is 320 g/mol. The third-order valence-electron chi connectivity index (χ3n) is 4.06. The first-order valence-electron chi connectivity index (χ1n) is 7.12. The second-order valence-corrected chi connectivity index (χ2v) is 5.22. The van der Waals surface area contributed by atoms with Gasteiger partial charge in [-0.05, 0) is 17.7 Å². The molecule has 23 heavy (non-hydrogen) atoms. The largest absolute Gasteiger partial charge is 0.497 e. The molecule has 6 nitrogen and oxygen atoms in total. The summed E-state index contributed by atoms with van der Waals surface area (Å²) in [5, 5.41) is 0. The molecule has 0 aliphatic carbocycles. The van der Waals surface area contributed by atoms with Crippen LogP contribution in [0.15, 0.2) is 36.9 Å². The Kier molecular flexibility index (Phi) is 5.05. The second-order valence-electron chi connectivity index (χ2n) is 5.22. The number of carbonyl (C=O) groups excluding carboxylic acids is 2. The van der Waals surface area contributed by atoms with Crippen molar-refractivity contribution in [2.24, 2.45) is 5.41 Å². The highest BCUT2D eigenvalue weighted by Gasteiger charge is 2.61. The molecule has 0 spiro atoms. The molecular weight excluding hydrogens is 300 g/mol. The first-order chi connectivity index (χ1) is 11.0. The van der Waals surface area contributed by atoms with Gasteiger partial charge in [0.25, 0.3) is 0 Å². The number of benzene rings is 1. The summed E-state index contributed by atoms with van der Waals surface area (Å²) in [6.07, 6.45) is 0.396. The number of methoxy groups -OCH3 is 3. The number of ether oxygens (including phenoxy) is 4. The Morgan fingerprint density at radius 3 is 2.17 bits per heavy atom. The van der Waals surface area contributed by atoms with Crippen LogP contribution in [0.2, 0.25) is 0 Å². The Hall–Kier alpha value is -2.34. The predicted octanol–water partition coefficient (Wildman–Crippen LogP) is 2.04. The third-order valence-corrected chi connectivity index (χ3v) is 4.06. The van der Waals surface area contributed by atoms with Gasteiger partial charge in [-0.1, -0.05) is 18.2 Å². The zero-order valence-corrected chi connectivity index (χ0v) is 13.4. The number of rotatable bonds is 5. The zero-order valence-electron chi connectivity index (χ0n) is 13.4. The molecular formula is C17H20O6. The van der Waals surface area contributed by atoms with E-state index < -0.39 is 29.6 Å². The standard InChI is InChI=1S/C17H20O6/c1-5-12-10-17(15(18)21-3,16(19)22-4)14(23-12)11-6-8-13(20-2)9-7-11/h5-9,12,14H,1,10H2,2-4H3/t12-,14+/m0/s1. The van der Waals surface area contributed by atoms with E-state index in [1.807, 2.05) is 0 Å². The van der Waals surface area contributed by atoms with E-state index in [4.69, 9.17) is 18.9 Å². The SMILES string of the molecule is C=C[C@H]1CC(C(=O)OC)(C(=O)OC)[C@@H](c2ccc(OC)cc2)O1. The molecule has 1 aromatic carbocycles. The molecule has 0 amide bonds. The second kappa shape index (κ2) is 6.83. The van der Waals surface area contributed by atoms with Crippen molar-refractivity contribution in [1.29, 1.82) is 0 Å². The van der Waals surface area contributed by atoms with E-state index in [-0.39, 0.29) is 6.42 Å². The van der Waals surface area contributed by atoms with Crippen LogP contribution in [-0.2, 0) is 23.8 Å². The molecule has 0 N–H and O–H groups in total. The van der Waals surface area contributed by atoms with E-state index in [2.05, 4.69) is 6.58 Å². The summed E-state index contributed by atoms with van der Waals surface area (Å²) in [6.45, 7) is 3.68. The van der Waals surface area contributed by atoms with E-state index in [1.165, 1.54) is 14.2 Å². The Labute approximate surface area is 135 Å². The number of hydrogen-bond donors (Lipinski definition) is 0. The summed E-state index contributed by atoms with van der Waals surface area (Å²) < 4.78 is 20.7. The van der Waals surface area contributed by atoms with Gasteiger partial charge < -0.3 is 18.9 Å². The fourth-order valence-corrected chi connectivity index (χ4v) is 2.87. The minimum atomic E-state index is -1.56. The lowest BCUT2D eigenvalue weighted by atomic mass is 9.77. The summed E-state index contributed by atoms with van der Waals surface area (Å²) in [5.41, 5.74) is -0.900. The molecule has 1 saturated heterocycles. The van der Waals surface area contributed by atoms with Crippen LogP contribution < -0.4 is 4.74 Å². The van der Waals surface area contributed by atoms with Crippen molar-refractivity contribution in [3.05, 3.63) is 42.5 Å². The maximum Gasteiger partial charge on any atom is 0.326 e. The molecule has 0 radical (unpaired) electrons. The van der Waals surface area contributed by atoms with Crippen LogP contribution in [0.3, 0.4) is 0 Å². The minimum absolute atomic E-state index is 0.118. The molecule has 1 aliphatic heterocycles. The molecule has 1 heterocycles. The summed E-state index contributed by atoms with van der Waals surface area (Å²) in [7, 11) is 4.03. The van der Waals surface area contributed by atoms with Crippen molar-refractivity contribution in [2.45, 2.75) is 18.6 Å². The Balaban J connectivity index is 2.52.